The van der Waals surface area contributed by atoms with Crippen LogP contribution in [0.15, 0.2) is 0 Å². The van der Waals surface area contributed by atoms with Gasteiger partial charge < -0.3 is 35.6 Å². The first kappa shape index (κ1) is 30.2. The Morgan fingerprint density at radius 2 is 1.64 bits per heavy atom. The highest BCUT2D eigenvalue weighted by Crippen LogP contribution is 2.36. The van der Waals surface area contributed by atoms with Gasteiger partial charge in [-0.25, -0.2) is 0 Å². The summed E-state index contributed by atoms with van der Waals surface area (Å²) < 4.78 is 5.88. The summed E-state index contributed by atoms with van der Waals surface area (Å²) in [5.74, 6) is -2.42. The Morgan fingerprint density at radius 1 is 1.06 bits per heavy atom. The summed E-state index contributed by atoms with van der Waals surface area (Å²) in [5.41, 5.74) is 0.392. The summed E-state index contributed by atoms with van der Waals surface area (Å²) in [6.07, 6.45) is -2.36. The number of nitrogens with one attached hydrogen (secondary N) is 2. The Hall–Kier alpha value is -0.830. The molecular weight excluding hydrogens is 779 g/mol. The number of hydrogen-bond donors (Lipinski definition) is 5. The number of carbonyl (C=O) groups excluding carboxylic acids is 4. The van der Waals surface area contributed by atoms with Crippen LogP contribution in [0.5, 0.6) is 0 Å². The highest BCUT2D eigenvalue weighted by Gasteiger charge is 2.31. The van der Waals surface area contributed by atoms with Gasteiger partial charge in [0.1, 0.15) is 0 Å². The van der Waals surface area contributed by atoms with Crippen LogP contribution in [0.4, 0.5) is 5.69 Å². The van der Waals surface area contributed by atoms with E-state index >= 15 is 0 Å². The van der Waals surface area contributed by atoms with Crippen molar-refractivity contribution in [2.24, 2.45) is 0 Å². The Balaban J connectivity index is 3.67. The second-order valence-electron chi connectivity index (χ2n) is 6.70. The number of nitrogens with zero attached hydrogens (tertiary/aromatic N) is 1. The van der Waals surface area contributed by atoms with E-state index in [2.05, 4.69) is 10.6 Å². The molecule has 184 valence electrons. The largest absolute Gasteiger partial charge is 0.453 e. The van der Waals surface area contributed by atoms with Crippen LogP contribution >= 0.6 is 67.8 Å². The molecule has 33 heavy (non-hydrogen) atoms. The van der Waals surface area contributed by atoms with Gasteiger partial charge in [-0.3, -0.25) is 19.2 Å². The number of rotatable bonds is 10. The van der Waals surface area contributed by atoms with Crippen molar-refractivity contribution in [1.82, 2.24) is 10.2 Å². The Morgan fingerprint density at radius 3 is 2.12 bits per heavy atom. The predicted octanol–water partition coefficient (Wildman–Crippen LogP) is 0.538. The number of aliphatic hydroxyl groups is 3. The molecule has 0 radical (unpaired) electrons. The van der Waals surface area contributed by atoms with Gasteiger partial charge in [-0.05, 0) is 74.7 Å². The fourth-order valence-electron chi connectivity index (χ4n) is 2.68. The number of carbonyl (C=O) groups is 4. The van der Waals surface area contributed by atoms with E-state index in [1.54, 1.807) is 0 Å². The molecule has 14 heteroatoms. The van der Waals surface area contributed by atoms with E-state index in [9.17, 15) is 29.4 Å². The quantitative estimate of drug-likeness (QED) is 0.169. The maximum Gasteiger partial charge on any atom is 0.303 e. The van der Waals surface area contributed by atoms with Crippen molar-refractivity contribution < 1.29 is 39.2 Å². The molecule has 0 aliphatic carbocycles. The minimum absolute atomic E-state index is 0.0734. The third-order valence-corrected chi connectivity index (χ3v) is 7.48. The molecule has 0 saturated heterocycles. The summed E-state index contributed by atoms with van der Waals surface area (Å²) in [5, 5.41) is 33.5. The first-order valence-electron chi connectivity index (χ1n) is 9.50. The van der Waals surface area contributed by atoms with Crippen LogP contribution < -0.4 is 10.6 Å². The molecule has 1 rings (SSSR count). The van der Waals surface area contributed by atoms with Crippen molar-refractivity contribution in [3.05, 3.63) is 21.8 Å². The number of benzene rings is 1. The Bertz CT molecular complexity index is 928. The third-order valence-electron chi connectivity index (χ3n) is 4.24. The lowest BCUT2D eigenvalue weighted by atomic mass is 10.1. The van der Waals surface area contributed by atoms with Gasteiger partial charge in [-0.15, -0.1) is 0 Å². The van der Waals surface area contributed by atoms with Gasteiger partial charge in [0, 0.05) is 30.6 Å². The normalized spacial score (nSPS) is 12.5. The number of amides is 3. The number of esters is 1. The molecule has 1 aromatic rings. The van der Waals surface area contributed by atoms with Gasteiger partial charge in [0.05, 0.1) is 43.3 Å². The van der Waals surface area contributed by atoms with Gasteiger partial charge in [-0.1, -0.05) is 0 Å². The number of halogens is 3. The molecule has 2 atom stereocenters. The number of hydrogen-bond acceptors (Lipinski definition) is 8. The highest BCUT2D eigenvalue weighted by atomic mass is 127. The smallest absolute Gasteiger partial charge is 0.303 e. The van der Waals surface area contributed by atoms with E-state index in [0.29, 0.717) is 10.7 Å². The lowest BCUT2D eigenvalue weighted by Crippen LogP contribution is -2.41. The van der Waals surface area contributed by atoms with Gasteiger partial charge in [0.25, 0.3) is 17.7 Å². The molecule has 0 bridgehead atoms. The number of anilines is 1. The van der Waals surface area contributed by atoms with Crippen molar-refractivity contribution in [2.75, 3.05) is 38.7 Å². The van der Waals surface area contributed by atoms with Crippen LogP contribution in [0.2, 0.25) is 0 Å². The van der Waals surface area contributed by atoms with Crippen molar-refractivity contribution in [3.8, 4) is 0 Å². The highest BCUT2D eigenvalue weighted by molar-refractivity contribution is 14.1. The number of ether oxygens (including phenoxy) is 1. The minimum Gasteiger partial charge on any atom is -0.453 e. The van der Waals surface area contributed by atoms with Crippen LogP contribution in [-0.2, 0) is 14.3 Å². The SMILES string of the molecule is CNC(=O)c1c(I)c(NC(=O)C(C)OC(C)=O)c(I)c(C(=O)N(CCO)CC(O)CO)c1I. The van der Waals surface area contributed by atoms with E-state index in [4.69, 9.17) is 9.84 Å². The number of aliphatic hydroxyl groups excluding tert-OH is 3. The average Bonchev–Trinajstić information content (AvgIpc) is 2.75. The lowest BCUT2D eigenvalue weighted by Gasteiger charge is -2.27. The zero-order valence-corrected chi connectivity index (χ0v) is 24.4. The molecule has 3 amide bonds. The van der Waals surface area contributed by atoms with Gasteiger partial charge in [-0.2, -0.15) is 0 Å². The molecule has 5 N–H and O–H groups in total. The molecule has 1 aromatic carbocycles. The zero-order valence-electron chi connectivity index (χ0n) is 17.9. The second kappa shape index (κ2) is 13.9. The lowest BCUT2D eigenvalue weighted by molar-refractivity contribution is -0.150. The van der Waals surface area contributed by atoms with E-state index in [1.165, 1.54) is 20.9 Å². The molecular formula is C19H24I3N3O8. The Labute approximate surface area is 231 Å². The van der Waals surface area contributed by atoms with E-state index in [-0.39, 0.29) is 29.9 Å². The molecule has 0 aliphatic heterocycles. The first-order chi connectivity index (χ1) is 15.4. The summed E-state index contributed by atoms with van der Waals surface area (Å²) in [7, 11) is 1.42. The summed E-state index contributed by atoms with van der Waals surface area (Å²) in [6.45, 7) is 1.18. The molecule has 0 fully saturated rings. The molecule has 0 spiro atoms. The van der Waals surface area contributed by atoms with Crippen LogP contribution in [0.1, 0.15) is 34.6 Å². The molecule has 0 heterocycles. The zero-order chi connectivity index (χ0) is 25.5. The second-order valence-corrected chi connectivity index (χ2v) is 9.93. The standard InChI is InChI=1S/C19H24I3N3O8/c1-8(33-9(2)28)17(30)24-16-14(21)11(18(31)23-3)13(20)12(15(16)22)19(32)25(4-5-26)6-10(29)7-27/h8,10,26-27,29H,4-7H2,1-3H3,(H,23,31)(H,24,30). The molecule has 2 unspecified atom stereocenters. The average molecular weight is 803 g/mol. The van der Waals surface area contributed by atoms with Crippen LogP contribution in [0.25, 0.3) is 0 Å². The van der Waals surface area contributed by atoms with E-state index in [0.717, 1.165) is 4.90 Å². The summed E-state index contributed by atoms with van der Waals surface area (Å²) in [6, 6.07) is 0. The summed E-state index contributed by atoms with van der Waals surface area (Å²) in [4.78, 5) is 51.0. The molecule has 0 aromatic heterocycles. The predicted molar refractivity (Wildman–Crippen MR) is 144 cm³/mol. The van der Waals surface area contributed by atoms with E-state index in [1.807, 2.05) is 67.8 Å². The van der Waals surface area contributed by atoms with Crippen molar-refractivity contribution >= 4 is 97.2 Å². The topological polar surface area (TPSA) is 165 Å². The molecule has 11 nitrogen and oxygen atoms in total. The van der Waals surface area contributed by atoms with Crippen LogP contribution in [-0.4, -0.2) is 89.5 Å². The van der Waals surface area contributed by atoms with Gasteiger partial charge in [0.15, 0.2) is 6.10 Å². The fourth-order valence-corrected chi connectivity index (χ4v) is 7.07. The van der Waals surface area contributed by atoms with Crippen molar-refractivity contribution in [3.63, 3.8) is 0 Å². The maximum absolute atomic E-state index is 13.4. The maximum atomic E-state index is 13.4. The van der Waals surface area contributed by atoms with E-state index < -0.39 is 49.1 Å². The molecule has 0 saturated carbocycles. The molecule has 0 aliphatic rings. The van der Waals surface area contributed by atoms with Crippen molar-refractivity contribution in [1.29, 1.82) is 0 Å². The summed E-state index contributed by atoms with van der Waals surface area (Å²) >= 11 is 5.60. The van der Waals surface area contributed by atoms with Gasteiger partial charge >= 0.3 is 5.97 Å². The Kier molecular flexibility index (Phi) is 12.7. The first-order valence-corrected chi connectivity index (χ1v) is 12.7. The minimum atomic E-state index is -1.23. The van der Waals surface area contributed by atoms with Crippen LogP contribution in [0.3, 0.4) is 0 Å². The monoisotopic (exact) mass is 803 g/mol. The fraction of sp³-hybridized carbons (Fsp3) is 0.474. The van der Waals surface area contributed by atoms with Crippen molar-refractivity contribution in [2.45, 2.75) is 26.1 Å². The van der Waals surface area contributed by atoms with Crippen LogP contribution in [0, 0.1) is 10.7 Å². The van der Waals surface area contributed by atoms with Gasteiger partial charge in [0.2, 0.25) is 0 Å². The third kappa shape index (κ3) is 7.84.